The maximum atomic E-state index is 12.5. The molecule has 1 aromatic heterocycles. The van der Waals surface area contributed by atoms with Crippen molar-refractivity contribution in [3.8, 4) is 11.5 Å². The molecule has 8 heteroatoms. The fourth-order valence-electron chi connectivity index (χ4n) is 3.24. The second kappa shape index (κ2) is 7.78. The number of aryl methyl sites for hydroxylation is 1. The highest BCUT2D eigenvalue weighted by molar-refractivity contribution is 7.99. The molecule has 3 aromatic rings. The first-order chi connectivity index (χ1) is 13.8. The monoisotopic (exact) mass is 447 g/mol. The summed E-state index contributed by atoms with van der Waals surface area (Å²) >= 11 is 13.8. The number of nitrogens with zero attached hydrogens (tertiary/aromatic N) is 1. The minimum absolute atomic E-state index is 0.00511. The van der Waals surface area contributed by atoms with Crippen LogP contribution in [-0.4, -0.2) is 15.9 Å². The van der Waals surface area contributed by atoms with Gasteiger partial charge in [0.1, 0.15) is 22.8 Å². The van der Waals surface area contributed by atoms with E-state index in [4.69, 9.17) is 27.6 Å². The van der Waals surface area contributed by atoms with Gasteiger partial charge >= 0.3 is 5.63 Å². The minimum atomic E-state index is -0.669. The van der Waals surface area contributed by atoms with E-state index < -0.39 is 5.63 Å². The smallest absolute Gasteiger partial charge is 0.348 e. The third-order valence-electron chi connectivity index (χ3n) is 4.52. The van der Waals surface area contributed by atoms with Crippen molar-refractivity contribution in [3.05, 3.63) is 79.8 Å². The maximum Gasteiger partial charge on any atom is 0.348 e. The molecule has 0 radical (unpaired) electrons. The average molecular weight is 448 g/mol. The third kappa shape index (κ3) is 3.88. The summed E-state index contributed by atoms with van der Waals surface area (Å²) in [5.41, 5.74) is 0.868. The van der Waals surface area contributed by atoms with Crippen LogP contribution in [-0.2, 0) is 0 Å². The summed E-state index contributed by atoms with van der Waals surface area (Å²) in [5.74, 6) is 0.0255. The second-order valence-electron chi connectivity index (χ2n) is 6.57. The van der Waals surface area contributed by atoms with Crippen molar-refractivity contribution in [3.63, 3.8) is 0 Å². The lowest BCUT2D eigenvalue weighted by Gasteiger charge is -2.18. The summed E-state index contributed by atoms with van der Waals surface area (Å²) in [6.07, 6.45) is 0.241. The van der Waals surface area contributed by atoms with E-state index in [1.54, 1.807) is 13.0 Å². The van der Waals surface area contributed by atoms with E-state index in [1.165, 1.54) is 23.9 Å². The summed E-state index contributed by atoms with van der Waals surface area (Å²) in [4.78, 5) is 18.0. The fourth-order valence-corrected chi connectivity index (χ4v) is 4.99. The Bertz CT molecular complexity index is 1210. The van der Waals surface area contributed by atoms with Gasteiger partial charge < -0.3 is 14.6 Å². The molecule has 0 spiro atoms. The van der Waals surface area contributed by atoms with Crippen molar-refractivity contribution < 1.29 is 14.6 Å². The first-order valence-electron chi connectivity index (χ1n) is 8.68. The van der Waals surface area contributed by atoms with Crippen LogP contribution in [0.3, 0.4) is 0 Å². The zero-order chi connectivity index (χ0) is 20.7. The van der Waals surface area contributed by atoms with E-state index in [1.807, 2.05) is 24.3 Å². The summed E-state index contributed by atoms with van der Waals surface area (Å²) in [6.45, 7) is 1.58. The van der Waals surface area contributed by atoms with Crippen molar-refractivity contribution in [2.45, 2.75) is 23.5 Å². The Morgan fingerprint density at radius 2 is 1.93 bits per heavy atom. The molecule has 0 aliphatic carbocycles. The van der Waals surface area contributed by atoms with E-state index in [-0.39, 0.29) is 33.8 Å². The third-order valence-corrected chi connectivity index (χ3v) is 6.33. The van der Waals surface area contributed by atoms with Gasteiger partial charge in [-0.05, 0) is 31.2 Å². The van der Waals surface area contributed by atoms with Crippen molar-refractivity contribution >= 4 is 46.4 Å². The number of aliphatic imine (C=N–C) groups is 1. The molecule has 0 saturated heterocycles. The number of hydrogen-bond acceptors (Lipinski definition) is 6. The summed E-state index contributed by atoms with van der Waals surface area (Å²) in [5, 5.41) is 21.1. The van der Waals surface area contributed by atoms with Gasteiger partial charge in [-0.2, -0.15) is 0 Å². The van der Waals surface area contributed by atoms with Crippen LogP contribution >= 0.6 is 35.0 Å². The molecule has 2 N–H and O–H groups in total. The van der Waals surface area contributed by atoms with Crippen molar-refractivity contribution in [2.75, 3.05) is 0 Å². The van der Waals surface area contributed by atoms with Gasteiger partial charge in [-0.1, -0.05) is 35.3 Å². The zero-order valence-electron chi connectivity index (χ0n) is 15.1. The Morgan fingerprint density at radius 3 is 2.69 bits per heavy atom. The molecule has 1 atom stereocenters. The molecule has 1 aliphatic heterocycles. The van der Waals surface area contributed by atoms with Crippen LogP contribution in [0.2, 0.25) is 10.0 Å². The Kier molecular flexibility index (Phi) is 5.34. The molecule has 0 bridgehead atoms. The van der Waals surface area contributed by atoms with Gasteiger partial charge in [0, 0.05) is 33.2 Å². The molecule has 1 aliphatic rings. The van der Waals surface area contributed by atoms with E-state index in [0.717, 1.165) is 4.90 Å². The van der Waals surface area contributed by atoms with Crippen molar-refractivity contribution in [1.82, 2.24) is 0 Å². The Hall–Kier alpha value is -2.41. The van der Waals surface area contributed by atoms with Crippen LogP contribution < -0.4 is 5.63 Å². The van der Waals surface area contributed by atoms with Crippen LogP contribution in [0.1, 0.15) is 28.6 Å². The second-order valence-corrected chi connectivity index (χ2v) is 8.66. The summed E-state index contributed by atoms with van der Waals surface area (Å²) < 4.78 is 5.18. The van der Waals surface area contributed by atoms with E-state index >= 15 is 0 Å². The molecule has 148 valence electrons. The Morgan fingerprint density at radius 1 is 1.17 bits per heavy atom. The van der Waals surface area contributed by atoms with Crippen LogP contribution in [0.25, 0.3) is 0 Å². The highest BCUT2D eigenvalue weighted by Crippen LogP contribution is 2.49. The number of halogens is 2. The lowest BCUT2D eigenvalue weighted by molar-refractivity contribution is 0.432. The van der Waals surface area contributed by atoms with Crippen LogP contribution in [0, 0.1) is 6.92 Å². The Labute approximate surface area is 180 Å². The summed E-state index contributed by atoms with van der Waals surface area (Å²) in [7, 11) is 0. The van der Waals surface area contributed by atoms with E-state index in [9.17, 15) is 15.0 Å². The van der Waals surface area contributed by atoms with Gasteiger partial charge in [0.2, 0.25) is 0 Å². The molecule has 2 aromatic carbocycles. The predicted molar refractivity (Wildman–Crippen MR) is 115 cm³/mol. The largest absolute Gasteiger partial charge is 0.507 e. The number of phenolic OH excluding ortho intramolecular Hbond substituents is 1. The lowest BCUT2D eigenvalue weighted by Crippen LogP contribution is -2.17. The lowest BCUT2D eigenvalue weighted by atomic mass is 10.0. The number of benzene rings is 2. The van der Waals surface area contributed by atoms with Crippen molar-refractivity contribution in [2.24, 2.45) is 4.99 Å². The van der Waals surface area contributed by atoms with Gasteiger partial charge in [0.05, 0.1) is 16.4 Å². The quantitative estimate of drug-likeness (QED) is 0.501. The molecule has 1 unspecified atom stereocenters. The molecule has 4 rings (SSSR count). The van der Waals surface area contributed by atoms with Gasteiger partial charge in [-0.3, -0.25) is 4.99 Å². The maximum absolute atomic E-state index is 12.5. The number of thioether (sulfide) groups is 1. The van der Waals surface area contributed by atoms with Gasteiger partial charge in [-0.15, -0.1) is 11.8 Å². The SMILES string of the molecule is Cc1cc(O)c(C2=Nc3ccccc3SC(c3cc(Cl)cc(Cl)c3O)C2)c(=O)o1. The number of fused-ring (bicyclic) bond motifs is 1. The first-order valence-corrected chi connectivity index (χ1v) is 10.3. The van der Waals surface area contributed by atoms with Gasteiger partial charge in [-0.25, -0.2) is 4.79 Å². The molecule has 0 amide bonds. The number of phenols is 1. The number of para-hydroxylation sites is 1. The minimum Gasteiger partial charge on any atom is -0.507 e. The molecule has 2 heterocycles. The number of rotatable bonds is 2. The molecule has 0 saturated carbocycles. The molecular weight excluding hydrogens is 433 g/mol. The molecule has 0 fully saturated rings. The van der Waals surface area contributed by atoms with E-state index in [2.05, 4.69) is 4.99 Å². The average Bonchev–Trinajstić information content (AvgIpc) is 2.83. The fraction of sp³-hybridized carbons (Fsp3) is 0.143. The van der Waals surface area contributed by atoms with Gasteiger partial charge in [0.15, 0.2) is 0 Å². The summed E-state index contributed by atoms with van der Waals surface area (Å²) in [6, 6.07) is 11.9. The molecular formula is C21H15Cl2NO4S. The van der Waals surface area contributed by atoms with Gasteiger partial charge in [0.25, 0.3) is 0 Å². The zero-order valence-corrected chi connectivity index (χ0v) is 17.5. The number of aromatic hydroxyl groups is 2. The van der Waals surface area contributed by atoms with Crippen LogP contribution in [0.15, 0.2) is 61.6 Å². The molecule has 29 heavy (non-hydrogen) atoms. The Balaban J connectivity index is 1.91. The van der Waals surface area contributed by atoms with Crippen LogP contribution in [0.5, 0.6) is 11.5 Å². The first kappa shape index (κ1) is 19.9. The van der Waals surface area contributed by atoms with Crippen LogP contribution in [0.4, 0.5) is 5.69 Å². The van der Waals surface area contributed by atoms with Crippen molar-refractivity contribution in [1.29, 1.82) is 0 Å². The number of hydrogen-bond donors (Lipinski definition) is 2. The standard InChI is InChI=1S/C21H15Cl2NO4S/c1-10-6-16(25)19(21(27)28-10)15-9-18(12-7-11(22)8-13(23)20(12)26)29-17-5-3-2-4-14(17)24-15/h2-8,18,25-26H,9H2,1H3. The molecule has 5 nitrogen and oxygen atoms in total. The van der Waals surface area contributed by atoms with E-state index in [0.29, 0.717) is 27.7 Å². The highest BCUT2D eigenvalue weighted by Gasteiger charge is 2.28. The predicted octanol–water partition coefficient (Wildman–Crippen LogP) is 6.02. The topological polar surface area (TPSA) is 83.0 Å². The highest BCUT2D eigenvalue weighted by atomic mass is 35.5. The normalized spacial score (nSPS) is 16.1.